The minimum absolute atomic E-state index is 0.0912. The van der Waals surface area contributed by atoms with Crippen molar-refractivity contribution in [3.8, 4) is 11.5 Å². The molecule has 134 valence electrons. The number of sulfonamides is 1. The Labute approximate surface area is 155 Å². The number of hydrogen-bond acceptors (Lipinski definition) is 6. The Morgan fingerprint density at radius 3 is 2.77 bits per heavy atom. The highest BCUT2D eigenvalue weighted by Crippen LogP contribution is 2.33. The van der Waals surface area contributed by atoms with Gasteiger partial charge in [-0.2, -0.15) is 9.29 Å². The number of halogens is 1. The molecule has 9 heteroatoms. The Hall–Kier alpha value is -2.29. The van der Waals surface area contributed by atoms with Crippen LogP contribution in [0.3, 0.4) is 0 Å². The van der Waals surface area contributed by atoms with Crippen LogP contribution >= 0.6 is 11.6 Å². The van der Waals surface area contributed by atoms with Crippen LogP contribution in [-0.2, 0) is 10.0 Å². The summed E-state index contributed by atoms with van der Waals surface area (Å²) in [5.74, 6) is 0.789. The average Bonchev–Trinajstić information content (AvgIpc) is 3.03. The third-order valence-corrected chi connectivity index (χ3v) is 6.55. The zero-order chi connectivity index (χ0) is 18.3. The molecule has 7 nitrogen and oxygen atoms in total. The fourth-order valence-electron chi connectivity index (χ4n) is 2.85. The second kappa shape index (κ2) is 6.46. The standard InChI is InChI=1S/C17H15ClN4O3S/c1-11-7-14(18)4-5-15(11)26(23,24)22-9-13(10-22)16-20-17(25-21-16)12-3-2-6-19-8-12/h2-8,13H,9-10H2,1H3. The molecule has 0 amide bonds. The lowest BCUT2D eigenvalue weighted by molar-refractivity contribution is 0.250. The van der Waals surface area contributed by atoms with Gasteiger partial charge in [0.15, 0.2) is 5.82 Å². The van der Waals surface area contributed by atoms with E-state index in [1.54, 1.807) is 37.5 Å². The van der Waals surface area contributed by atoms with Crippen molar-refractivity contribution >= 4 is 21.6 Å². The summed E-state index contributed by atoms with van der Waals surface area (Å²) in [6, 6.07) is 8.37. The van der Waals surface area contributed by atoms with Gasteiger partial charge in [-0.05, 0) is 42.8 Å². The van der Waals surface area contributed by atoms with Crippen molar-refractivity contribution < 1.29 is 12.9 Å². The fourth-order valence-corrected chi connectivity index (χ4v) is 4.81. The monoisotopic (exact) mass is 390 g/mol. The molecular weight excluding hydrogens is 376 g/mol. The van der Waals surface area contributed by atoms with Crippen LogP contribution in [0.15, 0.2) is 52.1 Å². The summed E-state index contributed by atoms with van der Waals surface area (Å²) < 4.78 is 32.2. The smallest absolute Gasteiger partial charge is 0.259 e. The predicted molar refractivity (Wildman–Crippen MR) is 95.2 cm³/mol. The van der Waals surface area contributed by atoms with Crippen LogP contribution in [0.25, 0.3) is 11.5 Å². The second-order valence-corrected chi connectivity index (χ2v) is 8.47. The molecule has 1 aliphatic rings. The maximum absolute atomic E-state index is 12.8. The second-order valence-electron chi connectivity index (χ2n) is 6.13. The van der Waals surface area contributed by atoms with Gasteiger partial charge in [-0.1, -0.05) is 16.8 Å². The van der Waals surface area contributed by atoms with Crippen molar-refractivity contribution in [2.24, 2.45) is 0 Å². The first kappa shape index (κ1) is 17.1. The number of pyridine rings is 1. The first-order valence-electron chi connectivity index (χ1n) is 7.95. The van der Waals surface area contributed by atoms with Gasteiger partial charge in [-0.3, -0.25) is 4.98 Å². The van der Waals surface area contributed by atoms with Crippen molar-refractivity contribution in [3.63, 3.8) is 0 Å². The summed E-state index contributed by atoms with van der Waals surface area (Å²) in [6.45, 7) is 2.36. The van der Waals surface area contributed by atoms with Crippen LogP contribution in [0.5, 0.6) is 0 Å². The minimum atomic E-state index is -3.56. The number of nitrogens with zero attached hydrogens (tertiary/aromatic N) is 4. The summed E-state index contributed by atoms with van der Waals surface area (Å²) in [5.41, 5.74) is 1.35. The molecule has 0 unspecified atom stereocenters. The van der Waals surface area contributed by atoms with E-state index in [1.165, 1.54) is 10.4 Å². The molecule has 0 radical (unpaired) electrons. The molecule has 4 rings (SSSR count). The fraction of sp³-hybridized carbons (Fsp3) is 0.235. The van der Waals surface area contributed by atoms with Gasteiger partial charge in [0, 0.05) is 30.5 Å². The van der Waals surface area contributed by atoms with E-state index in [9.17, 15) is 8.42 Å². The predicted octanol–water partition coefficient (Wildman–Crippen LogP) is 2.88. The molecule has 3 aromatic rings. The van der Waals surface area contributed by atoms with E-state index in [4.69, 9.17) is 16.1 Å². The highest BCUT2D eigenvalue weighted by molar-refractivity contribution is 7.89. The van der Waals surface area contributed by atoms with Gasteiger partial charge < -0.3 is 4.52 Å². The Balaban J connectivity index is 1.49. The van der Waals surface area contributed by atoms with E-state index < -0.39 is 10.0 Å². The molecule has 1 saturated heterocycles. The van der Waals surface area contributed by atoms with Gasteiger partial charge in [0.05, 0.1) is 16.4 Å². The highest BCUT2D eigenvalue weighted by atomic mass is 35.5. The van der Waals surface area contributed by atoms with Crippen molar-refractivity contribution in [1.29, 1.82) is 0 Å². The van der Waals surface area contributed by atoms with Crippen molar-refractivity contribution in [3.05, 3.63) is 59.1 Å². The van der Waals surface area contributed by atoms with Crippen LogP contribution < -0.4 is 0 Å². The van der Waals surface area contributed by atoms with Crippen LogP contribution in [0.4, 0.5) is 0 Å². The normalized spacial score (nSPS) is 15.8. The molecule has 26 heavy (non-hydrogen) atoms. The maximum atomic E-state index is 12.8. The third kappa shape index (κ3) is 3.00. The summed E-state index contributed by atoms with van der Waals surface area (Å²) in [6.07, 6.45) is 3.30. The summed E-state index contributed by atoms with van der Waals surface area (Å²) in [5, 5.41) is 4.49. The molecule has 0 atom stereocenters. The van der Waals surface area contributed by atoms with Crippen molar-refractivity contribution in [2.45, 2.75) is 17.7 Å². The lowest BCUT2D eigenvalue weighted by Gasteiger charge is -2.36. The molecule has 1 fully saturated rings. The first-order valence-corrected chi connectivity index (χ1v) is 9.77. The van der Waals surface area contributed by atoms with Gasteiger partial charge in [-0.15, -0.1) is 0 Å². The van der Waals surface area contributed by atoms with Crippen LogP contribution in [-0.4, -0.2) is 40.9 Å². The van der Waals surface area contributed by atoms with E-state index >= 15 is 0 Å². The van der Waals surface area contributed by atoms with Gasteiger partial charge >= 0.3 is 0 Å². The molecule has 0 spiro atoms. The van der Waals surface area contributed by atoms with E-state index in [0.717, 1.165) is 5.56 Å². The lowest BCUT2D eigenvalue weighted by Crippen LogP contribution is -2.48. The molecule has 2 aromatic heterocycles. The molecule has 0 saturated carbocycles. The number of aryl methyl sites for hydroxylation is 1. The third-order valence-electron chi connectivity index (χ3n) is 4.32. The van der Waals surface area contributed by atoms with E-state index in [0.29, 0.717) is 35.4 Å². The molecule has 0 N–H and O–H groups in total. The Bertz CT molecular complexity index is 1050. The molecule has 1 aliphatic heterocycles. The van der Waals surface area contributed by atoms with Gasteiger partial charge in [-0.25, -0.2) is 8.42 Å². The van der Waals surface area contributed by atoms with Crippen molar-refractivity contribution in [1.82, 2.24) is 19.4 Å². The van der Waals surface area contributed by atoms with Gasteiger partial charge in [0.25, 0.3) is 5.89 Å². The summed E-state index contributed by atoms with van der Waals surface area (Å²) in [4.78, 5) is 8.65. The van der Waals surface area contributed by atoms with Gasteiger partial charge in [0.2, 0.25) is 10.0 Å². The summed E-state index contributed by atoms with van der Waals surface area (Å²) in [7, 11) is -3.56. The maximum Gasteiger partial charge on any atom is 0.259 e. The Kier molecular flexibility index (Phi) is 4.26. The quantitative estimate of drug-likeness (QED) is 0.680. The molecule has 0 bridgehead atoms. The Morgan fingerprint density at radius 1 is 1.27 bits per heavy atom. The zero-order valence-corrected chi connectivity index (χ0v) is 15.4. The van der Waals surface area contributed by atoms with Crippen LogP contribution in [0.1, 0.15) is 17.3 Å². The highest BCUT2D eigenvalue weighted by Gasteiger charge is 2.40. The van der Waals surface area contributed by atoms with Crippen LogP contribution in [0, 0.1) is 6.92 Å². The number of aromatic nitrogens is 3. The number of hydrogen-bond donors (Lipinski definition) is 0. The minimum Gasteiger partial charge on any atom is -0.334 e. The van der Waals surface area contributed by atoms with E-state index in [2.05, 4.69) is 15.1 Å². The topological polar surface area (TPSA) is 89.2 Å². The van der Waals surface area contributed by atoms with Gasteiger partial charge in [0.1, 0.15) is 0 Å². The molecule has 1 aromatic carbocycles. The largest absolute Gasteiger partial charge is 0.334 e. The zero-order valence-electron chi connectivity index (χ0n) is 13.8. The van der Waals surface area contributed by atoms with E-state index in [-0.39, 0.29) is 10.8 Å². The first-order chi connectivity index (χ1) is 12.4. The van der Waals surface area contributed by atoms with Crippen LogP contribution in [0.2, 0.25) is 5.02 Å². The Morgan fingerprint density at radius 2 is 2.08 bits per heavy atom. The summed E-state index contributed by atoms with van der Waals surface area (Å²) >= 11 is 5.91. The number of rotatable bonds is 4. The lowest BCUT2D eigenvalue weighted by atomic mass is 10.0. The molecule has 0 aliphatic carbocycles. The number of benzene rings is 1. The molecular formula is C17H15ClN4O3S. The van der Waals surface area contributed by atoms with Crippen molar-refractivity contribution in [2.75, 3.05) is 13.1 Å². The molecule has 3 heterocycles. The average molecular weight is 391 g/mol. The van der Waals surface area contributed by atoms with E-state index in [1.807, 2.05) is 6.07 Å². The SMILES string of the molecule is Cc1cc(Cl)ccc1S(=O)(=O)N1CC(c2noc(-c3cccnc3)n2)C1.